The van der Waals surface area contributed by atoms with Gasteiger partial charge in [0, 0.05) is 19.3 Å². The molecular weight excluding hydrogens is 841 g/mol. The molecule has 0 saturated heterocycles. The Bertz CT molecular complexity index is 1360. The van der Waals surface area contributed by atoms with E-state index in [4.69, 9.17) is 14.2 Å². The average molecular weight is 946 g/mol. The number of allylic oxidation sites excluding steroid dienone is 16. The van der Waals surface area contributed by atoms with Crippen molar-refractivity contribution in [2.75, 3.05) is 13.2 Å². The summed E-state index contributed by atoms with van der Waals surface area (Å²) in [5, 5.41) is 0. The van der Waals surface area contributed by atoms with Gasteiger partial charge in [0.1, 0.15) is 13.2 Å². The molecule has 0 saturated carbocycles. The maximum absolute atomic E-state index is 12.8. The van der Waals surface area contributed by atoms with Crippen molar-refractivity contribution in [2.24, 2.45) is 0 Å². The Kier molecular flexibility index (Phi) is 52.9. The van der Waals surface area contributed by atoms with Crippen LogP contribution in [0, 0.1) is 0 Å². The van der Waals surface area contributed by atoms with E-state index in [0.29, 0.717) is 19.3 Å². The molecule has 0 amide bonds. The zero-order valence-electron chi connectivity index (χ0n) is 44.3. The lowest BCUT2D eigenvalue weighted by molar-refractivity contribution is -0.167. The largest absolute Gasteiger partial charge is 0.462 e. The topological polar surface area (TPSA) is 78.9 Å². The average Bonchev–Trinajstić information content (AvgIpc) is 3.34. The van der Waals surface area contributed by atoms with Crippen LogP contribution in [0.2, 0.25) is 0 Å². The molecule has 1 unspecified atom stereocenters. The van der Waals surface area contributed by atoms with E-state index in [0.717, 1.165) is 135 Å². The van der Waals surface area contributed by atoms with Crippen molar-refractivity contribution in [3.8, 4) is 0 Å². The van der Waals surface area contributed by atoms with Gasteiger partial charge in [0.05, 0.1) is 0 Å². The number of esters is 3. The van der Waals surface area contributed by atoms with E-state index in [1.165, 1.54) is 83.5 Å². The summed E-state index contributed by atoms with van der Waals surface area (Å²) in [4.78, 5) is 38.1. The first-order valence-electron chi connectivity index (χ1n) is 28.3. The Morgan fingerprint density at radius 2 is 0.618 bits per heavy atom. The summed E-state index contributed by atoms with van der Waals surface area (Å²) in [6.45, 7) is 6.38. The van der Waals surface area contributed by atoms with Gasteiger partial charge < -0.3 is 14.2 Å². The third kappa shape index (κ3) is 53.3. The highest BCUT2D eigenvalue weighted by molar-refractivity contribution is 5.71. The molecule has 0 N–H and O–H groups in total. The van der Waals surface area contributed by atoms with Crippen LogP contribution in [0.5, 0.6) is 0 Å². The van der Waals surface area contributed by atoms with Crippen LogP contribution in [0.15, 0.2) is 97.2 Å². The van der Waals surface area contributed by atoms with E-state index < -0.39 is 6.10 Å². The predicted octanol–water partition coefficient (Wildman–Crippen LogP) is 18.9. The van der Waals surface area contributed by atoms with E-state index in [-0.39, 0.29) is 31.1 Å². The van der Waals surface area contributed by atoms with Gasteiger partial charge in [-0.05, 0) is 109 Å². The Labute approximate surface area is 419 Å². The molecule has 388 valence electrons. The van der Waals surface area contributed by atoms with Crippen LogP contribution in [0.25, 0.3) is 0 Å². The number of carbonyl (C=O) groups excluding carboxylic acids is 3. The fourth-order valence-electron chi connectivity index (χ4n) is 7.64. The number of hydrogen-bond donors (Lipinski definition) is 0. The quantitative estimate of drug-likeness (QED) is 0.0199. The standard InChI is InChI=1S/C62H104O6/c1-4-7-10-13-16-19-22-25-28-31-32-35-37-40-43-46-49-52-55-61(64)67-58-59(68-62(65)56-53-50-47-44-41-38-34-30-27-24-21-18-15-12-9-6-3)57-66-60(63)54-51-48-45-42-39-36-33-29-26-23-20-17-14-11-8-5-2/h8-9,11-12,17-18,20-21,26-32,35,59H,4-7,10,13-16,19,22-25,33-34,36-58H2,1-3H3/b11-8-,12-9-,20-17-,21-18-,29-26-,30-27-,31-28-,35-32-. The lowest BCUT2D eigenvalue weighted by Crippen LogP contribution is -2.30. The molecule has 0 spiro atoms. The van der Waals surface area contributed by atoms with Crippen LogP contribution in [0.3, 0.4) is 0 Å². The second-order valence-corrected chi connectivity index (χ2v) is 18.5. The number of unbranched alkanes of at least 4 members (excludes halogenated alkanes) is 24. The summed E-state index contributed by atoms with van der Waals surface area (Å²) in [5.41, 5.74) is 0. The summed E-state index contributed by atoms with van der Waals surface area (Å²) in [5.74, 6) is -0.933. The fraction of sp³-hybridized carbons (Fsp3) is 0.694. The van der Waals surface area contributed by atoms with E-state index in [2.05, 4.69) is 118 Å². The first-order valence-corrected chi connectivity index (χ1v) is 28.3. The van der Waals surface area contributed by atoms with Crippen molar-refractivity contribution in [3.05, 3.63) is 97.2 Å². The Balaban J connectivity index is 4.46. The van der Waals surface area contributed by atoms with Crippen LogP contribution in [0.1, 0.15) is 258 Å². The number of hydrogen-bond acceptors (Lipinski definition) is 6. The highest BCUT2D eigenvalue weighted by Crippen LogP contribution is 2.14. The molecule has 0 aromatic rings. The van der Waals surface area contributed by atoms with Crippen molar-refractivity contribution in [3.63, 3.8) is 0 Å². The first-order chi connectivity index (χ1) is 33.5. The van der Waals surface area contributed by atoms with Gasteiger partial charge in [-0.2, -0.15) is 0 Å². The minimum Gasteiger partial charge on any atom is -0.462 e. The van der Waals surface area contributed by atoms with Gasteiger partial charge in [0.25, 0.3) is 0 Å². The van der Waals surface area contributed by atoms with Gasteiger partial charge in [-0.25, -0.2) is 0 Å². The molecule has 0 bridgehead atoms. The van der Waals surface area contributed by atoms with Crippen molar-refractivity contribution < 1.29 is 28.6 Å². The number of carbonyl (C=O) groups is 3. The lowest BCUT2D eigenvalue weighted by Gasteiger charge is -2.18. The Hall–Kier alpha value is -3.67. The van der Waals surface area contributed by atoms with Crippen LogP contribution in [0.4, 0.5) is 0 Å². The molecular formula is C62H104O6. The van der Waals surface area contributed by atoms with Crippen LogP contribution in [-0.4, -0.2) is 37.2 Å². The SMILES string of the molecule is CC/C=C\C/C=C\C/C=C\CCCCCCCCC(=O)OCC(COC(=O)CCCCCCC/C=C\C=C/CCCCCCCCC)OC(=O)CCCCCCCC/C=C\C/C=C\C/C=C\CC. The zero-order chi connectivity index (χ0) is 49.3. The van der Waals surface area contributed by atoms with E-state index in [1.54, 1.807) is 0 Å². The third-order valence-electron chi connectivity index (χ3n) is 11.8. The minimum atomic E-state index is -0.798. The van der Waals surface area contributed by atoms with Gasteiger partial charge >= 0.3 is 17.9 Å². The molecule has 6 heteroatoms. The van der Waals surface area contributed by atoms with Gasteiger partial charge in [-0.3, -0.25) is 14.4 Å². The second-order valence-electron chi connectivity index (χ2n) is 18.5. The van der Waals surface area contributed by atoms with Crippen LogP contribution in [-0.2, 0) is 28.6 Å². The normalized spacial score (nSPS) is 12.8. The molecule has 1 atom stereocenters. The van der Waals surface area contributed by atoms with Crippen LogP contribution >= 0.6 is 0 Å². The Morgan fingerprint density at radius 1 is 0.324 bits per heavy atom. The van der Waals surface area contributed by atoms with E-state index in [9.17, 15) is 14.4 Å². The smallest absolute Gasteiger partial charge is 0.306 e. The van der Waals surface area contributed by atoms with E-state index >= 15 is 0 Å². The second kappa shape index (κ2) is 55.9. The summed E-state index contributed by atoms with van der Waals surface area (Å²) in [6, 6.07) is 0. The summed E-state index contributed by atoms with van der Waals surface area (Å²) in [6.07, 6.45) is 73.9. The van der Waals surface area contributed by atoms with Gasteiger partial charge in [-0.15, -0.1) is 0 Å². The molecule has 0 aromatic carbocycles. The van der Waals surface area contributed by atoms with Gasteiger partial charge in [0.15, 0.2) is 6.10 Å². The summed E-state index contributed by atoms with van der Waals surface area (Å²) >= 11 is 0. The first kappa shape index (κ1) is 64.3. The molecule has 0 aromatic heterocycles. The number of ether oxygens (including phenoxy) is 3. The van der Waals surface area contributed by atoms with E-state index in [1.807, 2.05) is 0 Å². The van der Waals surface area contributed by atoms with Gasteiger partial charge in [0.2, 0.25) is 0 Å². The molecule has 0 heterocycles. The highest BCUT2D eigenvalue weighted by atomic mass is 16.6. The molecule has 6 nitrogen and oxygen atoms in total. The molecule has 68 heavy (non-hydrogen) atoms. The molecule has 0 radical (unpaired) electrons. The van der Waals surface area contributed by atoms with Crippen molar-refractivity contribution >= 4 is 17.9 Å². The highest BCUT2D eigenvalue weighted by Gasteiger charge is 2.19. The summed E-state index contributed by atoms with van der Waals surface area (Å²) in [7, 11) is 0. The molecule has 0 aliphatic rings. The predicted molar refractivity (Wildman–Crippen MR) is 293 cm³/mol. The molecule has 0 fully saturated rings. The van der Waals surface area contributed by atoms with Gasteiger partial charge in [-0.1, -0.05) is 227 Å². The Morgan fingerprint density at radius 3 is 0.985 bits per heavy atom. The summed E-state index contributed by atoms with van der Waals surface area (Å²) < 4.78 is 16.8. The minimum absolute atomic E-state index is 0.0957. The molecule has 0 aliphatic carbocycles. The zero-order valence-corrected chi connectivity index (χ0v) is 44.3. The van der Waals surface area contributed by atoms with Crippen molar-refractivity contribution in [1.29, 1.82) is 0 Å². The molecule has 0 rings (SSSR count). The fourth-order valence-corrected chi connectivity index (χ4v) is 7.64. The lowest BCUT2D eigenvalue weighted by atomic mass is 10.1. The van der Waals surface area contributed by atoms with Crippen molar-refractivity contribution in [1.82, 2.24) is 0 Å². The number of rotatable bonds is 50. The van der Waals surface area contributed by atoms with Crippen LogP contribution < -0.4 is 0 Å². The third-order valence-corrected chi connectivity index (χ3v) is 11.8. The maximum atomic E-state index is 12.8. The maximum Gasteiger partial charge on any atom is 0.306 e. The molecule has 0 aliphatic heterocycles. The van der Waals surface area contributed by atoms with Crippen molar-refractivity contribution in [2.45, 2.75) is 264 Å². The monoisotopic (exact) mass is 945 g/mol.